The first kappa shape index (κ1) is 12.6. The molecule has 4 nitrogen and oxygen atoms in total. The summed E-state index contributed by atoms with van der Waals surface area (Å²) in [6, 6.07) is 18.9. The largest absolute Gasteiger partial charge is 0.308 e. The minimum Gasteiger partial charge on any atom is -0.308 e. The molecule has 1 aliphatic heterocycles. The van der Waals surface area contributed by atoms with Crippen molar-refractivity contribution >= 4 is 11.6 Å². The molecule has 1 atom stereocenters. The Morgan fingerprint density at radius 3 is 2.15 bits per heavy atom. The predicted molar refractivity (Wildman–Crippen MR) is 78.1 cm³/mol. The minimum atomic E-state index is -1.22. The highest BCUT2D eigenvalue weighted by Crippen LogP contribution is 2.31. The molecule has 1 aliphatic rings. The SMILES string of the molecule is CN1N=C(c2ccccc2)C(N)(c2ccccc2)C1=O. The molecule has 0 saturated heterocycles. The molecule has 1 heterocycles. The summed E-state index contributed by atoms with van der Waals surface area (Å²) in [5, 5.41) is 5.66. The van der Waals surface area contributed by atoms with Crippen LogP contribution < -0.4 is 5.73 Å². The van der Waals surface area contributed by atoms with Gasteiger partial charge >= 0.3 is 0 Å². The first-order valence-corrected chi connectivity index (χ1v) is 6.41. The monoisotopic (exact) mass is 265 g/mol. The lowest BCUT2D eigenvalue weighted by Crippen LogP contribution is -2.51. The fourth-order valence-corrected chi connectivity index (χ4v) is 2.47. The van der Waals surface area contributed by atoms with Gasteiger partial charge in [-0.25, -0.2) is 5.01 Å². The Balaban J connectivity index is 2.18. The third kappa shape index (κ3) is 1.73. The highest BCUT2D eigenvalue weighted by molar-refractivity contribution is 6.23. The summed E-state index contributed by atoms with van der Waals surface area (Å²) in [5.74, 6) is -0.220. The Labute approximate surface area is 117 Å². The molecule has 0 radical (unpaired) electrons. The van der Waals surface area contributed by atoms with E-state index in [1.165, 1.54) is 5.01 Å². The third-order valence-corrected chi connectivity index (χ3v) is 3.53. The Hall–Kier alpha value is -2.46. The van der Waals surface area contributed by atoms with Crippen LogP contribution in [-0.2, 0) is 10.3 Å². The Morgan fingerprint density at radius 2 is 1.55 bits per heavy atom. The Bertz CT molecular complexity index is 667. The van der Waals surface area contributed by atoms with Gasteiger partial charge in [-0.15, -0.1) is 0 Å². The van der Waals surface area contributed by atoms with Gasteiger partial charge in [0.05, 0.1) is 0 Å². The molecule has 4 heteroatoms. The zero-order valence-electron chi connectivity index (χ0n) is 11.2. The van der Waals surface area contributed by atoms with Gasteiger partial charge < -0.3 is 5.73 Å². The van der Waals surface area contributed by atoms with Gasteiger partial charge in [0.15, 0.2) is 5.54 Å². The molecule has 0 saturated carbocycles. The molecule has 0 spiro atoms. The van der Waals surface area contributed by atoms with E-state index in [-0.39, 0.29) is 5.91 Å². The summed E-state index contributed by atoms with van der Waals surface area (Å²) >= 11 is 0. The molecule has 1 unspecified atom stereocenters. The van der Waals surface area contributed by atoms with Crippen molar-refractivity contribution in [2.24, 2.45) is 10.8 Å². The smallest absolute Gasteiger partial charge is 0.273 e. The van der Waals surface area contributed by atoms with Crippen LogP contribution in [0.5, 0.6) is 0 Å². The van der Waals surface area contributed by atoms with E-state index in [0.717, 1.165) is 11.1 Å². The van der Waals surface area contributed by atoms with E-state index >= 15 is 0 Å². The molecule has 2 aromatic carbocycles. The summed E-state index contributed by atoms with van der Waals surface area (Å²) in [6.07, 6.45) is 0. The van der Waals surface area contributed by atoms with Crippen LogP contribution >= 0.6 is 0 Å². The van der Waals surface area contributed by atoms with E-state index < -0.39 is 5.54 Å². The normalized spacial score (nSPS) is 22.0. The molecular weight excluding hydrogens is 250 g/mol. The van der Waals surface area contributed by atoms with Crippen molar-refractivity contribution in [1.29, 1.82) is 0 Å². The number of hydrogen-bond donors (Lipinski definition) is 1. The first-order chi connectivity index (χ1) is 9.64. The second-order valence-corrected chi connectivity index (χ2v) is 4.82. The molecule has 20 heavy (non-hydrogen) atoms. The van der Waals surface area contributed by atoms with Crippen molar-refractivity contribution in [3.05, 3.63) is 71.8 Å². The highest BCUT2D eigenvalue weighted by atomic mass is 16.2. The molecule has 2 aromatic rings. The summed E-state index contributed by atoms with van der Waals surface area (Å²) in [4.78, 5) is 12.5. The van der Waals surface area contributed by atoms with Gasteiger partial charge in [0, 0.05) is 12.6 Å². The van der Waals surface area contributed by atoms with Gasteiger partial charge in [-0.05, 0) is 5.56 Å². The average Bonchev–Trinajstić information content (AvgIpc) is 2.74. The topological polar surface area (TPSA) is 58.7 Å². The highest BCUT2D eigenvalue weighted by Gasteiger charge is 2.48. The molecule has 0 fully saturated rings. The zero-order chi connectivity index (χ0) is 14.2. The van der Waals surface area contributed by atoms with E-state index in [1.807, 2.05) is 60.7 Å². The molecule has 0 aliphatic carbocycles. The number of carbonyl (C=O) groups excluding carboxylic acids is 1. The predicted octanol–water partition coefficient (Wildman–Crippen LogP) is 1.72. The van der Waals surface area contributed by atoms with Crippen LogP contribution in [0.4, 0.5) is 0 Å². The van der Waals surface area contributed by atoms with Crippen LogP contribution in [0, 0.1) is 0 Å². The second-order valence-electron chi connectivity index (χ2n) is 4.82. The number of amides is 1. The molecular formula is C16H15N3O. The maximum absolute atomic E-state index is 12.5. The van der Waals surface area contributed by atoms with E-state index in [1.54, 1.807) is 7.05 Å². The maximum Gasteiger partial charge on any atom is 0.273 e. The minimum absolute atomic E-state index is 0.220. The number of nitrogens with two attached hydrogens (primary N) is 1. The van der Waals surface area contributed by atoms with Crippen LogP contribution in [0.1, 0.15) is 11.1 Å². The first-order valence-electron chi connectivity index (χ1n) is 6.41. The van der Waals surface area contributed by atoms with Gasteiger partial charge in [0.2, 0.25) is 0 Å². The Kier molecular flexibility index (Phi) is 2.88. The lowest BCUT2D eigenvalue weighted by atomic mass is 9.83. The number of hydrogen-bond acceptors (Lipinski definition) is 3. The van der Waals surface area contributed by atoms with Crippen LogP contribution in [-0.4, -0.2) is 23.7 Å². The second kappa shape index (κ2) is 4.58. The van der Waals surface area contributed by atoms with Crippen molar-refractivity contribution in [1.82, 2.24) is 5.01 Å². The number of nitrogens with zero attached hydrogens (tertiary/aromatic N) is 2. The van der Waals surface area contributed by atoms with Gasteiger partial charge in [0.1, 0.15) is 5.71 Å². The van der Waals surface area contributed by atoms with Gasteiger partial charge in [0.25, 0.3) is 5.91 Å². The van der Waals surface area contributed by atoms with Crippen LogP contribution in [0.15, 0.2) is 65.8 Å². The molecule has 3 rings (SSSR count). The van der Waals surface area contributed by atoms with Gasteiger partial charge in [-0.1, -0.05) is 60.7 Å². The number of benzene rings is 2. The molecule has 2 N–H and O–H groups in total. The van der Waals surface area contributed by atoms with Crippen molar-refractivity contribution in [3.63, 3.8) is 0 Å². The van der Waals surface area contributed by atoms with E-state index in [2.05, 4.69) is 5.10 Å². The summed E-state index contributed by atoms with van der Waals surface area (Å²) in [5.41, 5.74) is 7.43. The van der Waals surface area contributed by atoms with E-state index in [0.29, 0.717) is 5.71 Å². The molecule has 100 valence electrons. The van der Waals surface area contributed by atoms with Gasteiger partial charge in [-0.2, -0.15) is 5.10 Å². The maximum atomic E-state index is 12.5. The number of carbonyl (C=O) groups is 1. The van der Waals surface area contributed by atoms with Crippen molar-refractivity contribution in [3.8, 4) is 0 Å². The summed E-state index contributed by atoms with van der Waals surface area (Å²) < 4.78 is 0. The van der Waals surface area contributed by atoms with Crippen LogP contribution in [0.25, 0.3) is 0 Å². The fraction of sp³-hybridized carbons (Fsp3) is 0.125. The molecule has 1 amide bonds. The van der Waals surface area contributed by atoms with Gasteiger partial charge in [-0.3, -0.25) is 4.79 Å². The van der Waals surface area contributed by atoms with Crippen LogP contribution in [0.3, 0.4) is 0 Å². The lowest BCUT2D eigenvalue weighted by molar-refractivity contribution is -0.131. The summed E-state index contributed by atoms with van der Waals surface area (Å²) in [6.45, 7) is 0. The number of rotatable bonds is 2. The standard InChI is InChI=1S/C16H15N3O/c1-19-15(20)16(17,13-10-6-3-7-11-13)14(18-19)12-8-4-2-5-9-12/h2-11H,17H2,1H3. The average molecular weight is 265 g/mol. The molecule has 0 bridgehead atoms. The number of hydrazone groups is 1. The molecule has 0 aromatic heterocycles. The Morgan fingerprint density at radius 1 is 1.00 bits per heavy atom. The fourth-order valence-electron chi connectivity index (χ4n) is 2.47. The van der Waals surface area contributed by atoms with Crippen molar-refractivity contribution < 1.29 is 4.79 Å². The summed E-state index contributed by atoms with van der Waals surface area (Å²) in [7, 11) is 1.63. The lowest BCUT2D eigenvalue weighted by Gasteiger charge is -2.24. The zero-order valence-corrected chi connectivity index (χ0v) is 11.2. The number of likely N-dealkylation sites (N-methyl/N-ethyl adjacent to an activating group) is 1. The van der Waals surface area contributed by atoms with E-state index in [9.17, 15) is 4.79 Å². The van der Waals surface area contributed by atoms with Crippen LogP contribution in [0.2, 0.25) is 0 Å². The van der Waals surface area contributed by atoms with Crippen molar-refractivity contribution in [2.75, 3.05) is 7.05 Å². The van der Waals surface area contributed by atoms with E-state index in [4.69, 9.17) is 5.73 Å². The third-order valence-electron chi connectivity index (χ3n) is 3.53. The van der Waals surface area contributed by atoms with Crippen molar-refractivity contribution in [2.45, 2.75) is 5.54 Å². The quantitative estimate of drug-likeness (QED) is 0.898.